The van der Waals surface area contributed by atoms with Crippen molar-refractivity contribution in [2.75, 3.05) is 0 Å². The van der Waals surface area contributed by atoms with Crippen molar-refractivity contribution in [1.29, 1.82) is 0 Å². The van der Waals surface area contributed by atoms with Gasteiger partial charge in [-0.2, -0.15) is 0 Å². The zero-order valence-electron chi connectivity index (χ0n) is 11.9. The van der Waals surface area contributed by atoms with Crippen molar-refractivity contribution in [3.63, 3.8) is 0 Å². The molecular weight excluding hydrogens is 208 g/mol. The summed E-state index contributed by atoms with van der Waals surface area (Å²) in [6, 6.07) is 0.642. The highest BCUT2D eigenvalue weighted by Crippen LogP contribution is 2.28. The maximum absolute atomic E-state index is 4.62. The first-order valence-corrected chi connectivity index (χ1v) is 7.31. The Balaban J connectivity index is 2.89. The van der Waals surface area contributed by atoms with Gasteiger partial charge in [0, 0.05) is 24.4 Å². The smallest absolute Gasteiger partial charge is 0.111 e. The van der Waals surface area contributed by atoms with Crippen LogP contribution < -0.4 is 0 Å². The van der Waals surface area contributed by atoms with Crippen molar-refractivity contribution in [2.45, 2.75) is 78.2 Å². The summed E-state index contributed by atoms with van der Waals surface area (Å²) in [4.78, 5) is 4.62. The number of rotatable bonds is 8. The predicted octanol–water partition coefficient (Wildman–Crippen LogP) is 4.93. The normalized spacial score (nSPS) is 14.8. The molecule has 2 atom stereocenters. The van der Waals surface area contributed by atoms with E-state index in [0.717, 1.165) is 0 Å². The molecule has 1 aromatic heterocycles. The summed E-state index contributed by atoms with van der Waals surface area (Å²) in [5, 5.41) is 0. The molecule has 0 aromatic carbocycles. The molecule has 2 nitrogen and oxygen atoms in total. The highest BCUT2D eigenvalue weighted by molar-refractivity contribution is 5.02. The molecule has 0 saturated heterocycles. The van der Waals surface area contributed by atoms with E-state index in [2.05, 4.69) is 43.4 Å². The van der Waals surface area contributed by atoms with Gasteiger partial charge in [0.15, 0.2) is 0 Å². The van der Waals surface area contributed by atoms with Crippen LogP contribution in [0.25, 0.3) is 0 Å². The molecule has 0 spiro atoms. The first kappa shape index (κ1) is 14.3. The van der Waals surface area contributed by atoms with Crippen molar-refractivity contribution < 1.29 is 0 Å². The van der Waals surface area contributed by atoms with Gasteiger partial charge in [0.1, 0.15) is 5.82 Å². The van der Waals surface area contributed by atoms with Crippen molar-refractivity contribution >= 4 is 0 Å². The Bertz CT molecular complexity index is 275. The fourth-order valence-corrected chi connectivity index (χ4v) is 2.69. The van der Waals surface area contributed by atoms with Gasteiger partial charge in [-0.3, -0.25) is 0 Å². The van der Waals surface area contributed by atoms with Crippen LogP contribution in [0.1, 0.15) is 84.0 Å². The molecule has 1 heterocycles. The minimum absolute atomic E-state index is 0.640. The van der Waals surface area contributed by atoms with E-state index in [1.165, 1.54) is 44.3 Å². The van der Waals surface area contributed by atoms with E-state index in [1.54, 1.807) is 0 Å². The minimum atomic E-state index is 0.640. The SMILES string of the molecule is CCCC(CC)c1nccn1C(CC)CCC. The molecular formula is C15H28N2. The van der Waals surface area contributed by atoms with E-state index >= 15 is 0 Å². The highest BCUT2D eigenvalue weighted by Gasteiger charge is 2.18. The van der Waals surface area contributed by atoms with Gasteiger partial charge in [0.25, 0.3) is 0 Å². The quantitative estimate of drug-likeness (QED) is 0.626. The van der Waals surface area contributed by atoms with Gasteiger partial charge in [-0.1, -0.05) is 40.5 Å². The average Bonchev–Trinajstić information content (AvgIpc) is 2.81. The molecule has 17 heavy (non-hydrogen) atoms. The summed E-state index contributed by atoms with van der Waals surface area (Å²) in [6.45, 7) is 9.09. The molecule has 2 unspecified atom stereocenters. The monoisotopic (exact) mass is 236 g/mol. The highest BCUT2D eigenvalue weighted by atomic mass is 15.1. The van der Waals surface area contributed by atoms with E-state index in [1.807, 2.05) is 6.20 Å². The lowest BCUT2D eigenvalue weighted by atomic mass is 9.99. The third-order valence-electron chi connectivity index (χ3n) is 3.68. The Hall–Kier alpha value is -0.790. The molecule has 0 bridgehead atoms. The zero-order chi connectivity index (χ0) is 12.7. The standard InChI is InChI=1S/C15H28N2/c1-5-9-13(7-3)15-16-11-12-17(15)14(8-4)10-6-2/h11-14H,5-10H2,1-4H3. The molecule has 0 aliphatic carbocycles. The Morgan fingerprint density at radius 3 is 2.29 bits per heavy atom. The van der Waals surface area contributed by atoms with Crippen LogP contribution in [-0.2, 0) is 0 Å². The number of aromatic nitrogens is 2. The molecule has 2 heteroatoms. The van der Waals surface area contributed by atoms with E-state index in [4.69, 9.17) is 0 Å². The first-order valence-electron chi connectivity index (χ1n) is 7.31. The molecule has 0 amide bonds. The average molecular weight is 236 g/mol. The molecule has 0 saturated carbocycles. The van der Waals surface area contributed by atoms with E-state index < -0.39 is 0 Å². The van der Waals surface area contributed by atoms with Crippen LogP contribution in [0.3, 0.4) is 0 Å². The van der Waals surface area contributed by atoms with Crippen molar-refractivity contribution in [1.82, 2.24) is 9.55 Å². The van der Waals surface area contributed by atoms with Crippen LogP contribution in [0.2, 0.25) is 0 Å². The van der Waals surface area contributed by atoms with Crippen molar-refractivity contribution in [3.8, 4) is 0 Å². The predicted molar refractivity (Wildman–Crippen MR) is 74.4 cm³/mol. The number of nitrogens with zero attached hydrogens (tertiary/aromatic N) is 2. The van der Waals surface area contributed by atoms with Gasteiger partial charge >= 0.3 is 0 Å². The molecule has 0 aliphatic heterocycles. The third-order valence-corrected chi connectivity index (χ3v) is 3.68. The van der Waals surface area contributed by atoms with Crippen LogP contribution in [-0.4, -0.2) is 9.55 Å². The number of hydrogen-bond donors (Lipinski definition) is 0. The zero-order valence-corrected chi connectivity index (χ0v) is 11.9. The molecule has 0 N–H and O–H groups in total. The topological polar surface area (TPSA) is 17.8 Å². The summed E-state index contributed by atoms with van der Waals surface area (Å²) in [6.07, 6.45) is 11.6. The van der Waals surface area contributed by atoms with Crippen molar-refractivity contribution in [3.05, 3.63) is 18.2 Å². The lowest BCUT2D eigenvalue weighted by molar-refractivity contribution is 0.411. The van der Waals surface area contributed by atoms with Gasteiger partial charge in [-0.25, -0.2) is 4.98 Å². The number of hydrogen-bond acceptors (Lipinski definition) is 1. The lowest BCUT2D eigenvalue weighted by Gasteiger charge is -2.22. The summed E-state index contributed by atoms with van der Waals surface area (Å²) >= 11 is 0. The van der Waals surface area contributed by atoms with Crippen LogP contribution in [0.4, 0.5) is 0 Å². The van der Waals surface area contributed by atoms with Crippen LogP contribution in [0, 0.1) is 0 Å². The van der Waals surface area contributed by atoms with E-state index in [9.17, 15) is 0 Å². The molecule has 98 valence electrons. The van der Waals surface area contributed by atoms with Gasteiger partial charge in [0.05, 0.1) is 0 Å². The molecule has 0 fully saturated rings. The second-order valence-electron chi connectivity index (χ2n) is 4.94. The fourth-order valence-electron chi connectivity index (χ4n) is 2.69. The Labute approximate surface area is 106 Å². The van der Waals surface area contributed by atoms with Gasteiger partial charge in [0.2, 0.25) is 0 Å². The van der Waals surface area contributed by atoms with Crippen LogP contribution in [0.15, 0.2) is 12.4 Å². The molecule has 0 aliphatic rings. The second kappa shape index (κ2) is 7.52. The van der Waals surface area contributed by atoms with E-state index in [0.29, 0.717) is 12.0 Å². The maximum Gasteiger partial charge on any atom is 0.111 e. The summed E-state index contributed by atoms with van der Waals surface area (Å²) in [5.41, 5.74) is 0. The Kier molecular flexibility index (Phi) is 6.31. The second-order valence-corrected chi connectivity index (χ2v) is 4.94. The van der Waals surface area contributed by atoms with Gasteiger partial charge < -0.3 is 4.57 Å². The summed E-state index contributed by atoms with van der Waals surface area (Å²) in [5.74, 6) is 1.95. The molecule has 1 rings (SSSR count). The minimum Gasteiger partial charge on any atom is -0.332 e. The van der Waals surface area contributed by atoms with Gasteiger partial charge in [-0.05, 0) is 25.7 Å². The molecule has 0 radical (unpaired) electrons. The maximum atomic E-state index is 4.62. The Morgan fingerprint density at radius 2 is 1.76 bits per heavy atom. The summed E-state index contributed by atoms with van der Waals surface area (Å²) < 4.78 is 2.44. The number of imidazole rings is 1. The summed E-state index contributed by atoms with van der Waals surface area (Å²) in [7, 11) is 0. The largest absolute Gasteiger partial charge is 0.332 e. The van der Waals surface area contributed by atoms with Crippen molar-refractivity contribution in [2.24, 2.45) is 0 Å². The Morgan fingerprint density at radius 1 is 1.06 bits per heavy atom. The fraction of sp³-hybridized carbons (Fsp3) is 0.800. The van der Waals surface area contributed by atoms with Crippen LogP contribution in [0.5, 0.6) is 0 Å². The lowest BCUT2D eigenvalue weighted by Crippen LogP contribution is -2.14. The van der Waals surface area contributed by atoms with E-state index in [-0.39, 0.29) is 0 Å². The van der Waals surface area contributed by atoms with Crippen LogP contribution >= 0.6 is 0 Å². The van der Waals surface area contributed by atoms with Gasteiger partial charge in [-0.15, -0.1) is 0 Å². The third kappa shape index (κ3) is 3.58. The first-order chi connectivity index (χ1) is 8.28. The molecule has 1 aromatic rings.